The first-order valence-corrected chi connectivity index (χ1v) is 16.3. The highest BCUT2D eigenvalue weighted by molar-refractivity contribution is 5.72. The number of rotatable bonds is 17. The molecular weight excluding hydrogens is 566 g/mol. The van der Waals surface area contributed by atoms with Crippen molar-refractivity contribution in [2.75, 3.05) is 13.2 Å². The lowest BCUT2D eigenvalue weighted by molar-refractivity contribution is -0.267. The summed E-state index contributed by atoms with van der Waals surface area (Å²) in [6.45, 7) is 9.83. The van der Waals surface area contributed by atoms with Crippen LogP contribution in [-0.4, -0.2) is 38.4 Å². The standard InChI is InChI=1S/C37H47N3O5/c1-5-9-11-25(7-3)23-44-29-17-19-31(33(42)21-29)36-38-35(27-13-15-28(41)16-14-27)39-37(40-36)32-20-18-30(22-34(32)43)45-24-26(8-4)12-10-6-2/h13-22,25-26,41-43H,5-12,23-24H2,1-4H3/p-1. The SMILES string of the molecule is CCCCC(CC)COc1ccc(-c2nc(-c3ccc(O)cc3)nc(-c3ccc(OCC(CC)CCCC)cc3O)n2)c([O-])c1. The summed E-state index contributed by atoms with van der Waals surface area (Å²) in [6, 6.07) is 16.5. The number of phenols is 2. The zero-order valence-electron chi connectivity index (χ0n) is 27.0. The minimum atomic E-state index is -0.274. The summed E-state index contributed by atoms with van der Waals surface area (Å²) >= 11 is 0. The second-order valence-corrected chi connectivity index (χ2v) is 11.6. The molecular formula is C37H46N3O5-. The van der Waals surface area contributed by atoms with Crippen molar-refractivity contribution < 1.29 is 24.8 Å². The van der Waals surface area contributed by atoms with Crippen LogP contribution < -0.4 is 14.6 Å². The predicted octanol–water partition coefficient (Wildman–Crippen LogP) is 8.55. The Morgan fingerprint density at radius 1 is 0.644 bits per heavy atom. The van der Waals surface area contributed by atoms with Gasteiger partial charge in [0.15, 0.2) is 17.5 Å². The molecule has 0 saturated carbocycles. The Kier molecular flexibility index (Phi) is 12.4. The average molecular weight is 613 g/mol. The quantitative estimate of drug-likeness (QED) is 0.122. The Hall–Kier alpha value is -4.33. The molecule has 45 heavy (non-hydrogen) atoms. The summed E-state index contributed by atoms with van der Waals surface area (Å²) in [6.07, 6.45) is 8.87. The summed E-state index contributed by atoms with van der Waals surface area (Å²) in [7, 11) is 0. The van der Waals surface area contributed by atoms with Gasteiger partial charge in [-0.05, 0) is 79.3 Å². The summed E-state index contributed by atoms with van der Waals surface area (Å²) in [5.41, 5.74) is 1.30. The molecule has 0 aliphatic rings. The Morgan fingerprint density at radius 3 is 1.67 bits per heavy atom. The maximum absolute atomic E-state index is 13.3. The molecule has 2 atom stereocenters. The maximum atomic E-state index is 13.3. The molecule has 4 aromatic rings. The number of hydrogen-bond acceptors (Lipinski definition) is 8. The molecule has 0 fully saturated rings. The van der Waals surface area contributed by atoms with Gasteiger partial charge in [-0.3, -0.25) is 0 Å². The fourth-order valence-electron chi connectivity index (χ4n) is 5.15. The third-order valence-electron chi connectivity index (χ3n) is 8.22. The van der Waals surface area contributed by atoms with Crippen LogP contribution in [0.5, 0.6) is 28.7 Å². The van der Waals surface area contributed by atoms with Crippen LogP contribution in [-0.2, 0) is 0 Å². The lowest BCUT2D eigenvalue weighted by atomic mass is 10.0. The monoisotopic (exact) mass is 612 g/mol. The third kappa shape index (κ3) is 9.33. The third-order valence-corrected chi connectivity index (χ3v) is 8.22. The van der Waals surface area contributed by atoms with Gasteiger partial charge in [0.05, 0.1) is 18.8 Å². The van der Waals surface area contributed by atoms with Gasteiger partial charge < -0.3 is 24.8 Å². The van der Waals surface area contributed by atoms with Gasteiger partial charge in [0.1, 0.15) is 23.0 Å². The van der Waals surface area contributed by atoms with E-state index in [1.54, 1.807) is 54.6 Å². The van der Waals surface area contributed by atoms with E-state index in [1.165, 1.54) is 6.07 Å². The zero-order valence-corrected chi connectivity index (χ0v) is 27.0. The van der Waals surface area contributed by atoms with E-state index in [2.05, 4.69) is 42.6 Å². The van der Waals surface area contributed by atoms with Crippen LogP contribution in [0.3, 0.4) is 0 Å². The van der Waals surface area contributed by atoms with E-state index >= 15 is 0 Å². The summed E-state index contributed by atoms with van der Waals surface area (Å²) in [5.74, 6) is 2.47. The van der Waals surface area contributed by atoms with E-state index in [0.717, 1.165) is 51.4 Å². The number of unbranched alkanes of at least 4 members (excludes halogenated alkanes) is 2. The van der Waals surface area contributed by atoms with Crippen LogP contribution in [0.2, 0.25) is 0 Å². The van der Waals surface area contributed by atoms with Gasteiger partial charge in [0.2, 0.25) is 0 Å². The molecule has 0 radical (unpaired) electrons. The molecule has 1 heterocycles. The highest BCUT2D eigenvalue weighted by atomic mass is 16.5. The van der Waals surface area contributed by atoms with Crippen molar-refractivity contribution in [2.45, 2.75) is 79.1 Å². The molecule has 0 aliphatic heterocycles. The molecule has 0 bridgehead atoms. The number of phenolic OH excluding ortho intramolecular Hbond substituents is 2. The average Bonchev–Trinajstić information content (AvgIpc) is 3.05. The molecule has 0 amide bonds. The van der Waals surface area contributed by atoms with E-state index in [-0.39, 0.29) is 28.9 Å². The van der Waals surface area contributed by atoms with Crippen LogP contribution in [0.4, 0.5) is 0 Å². The largest absolute Gasteiger partial charge is 0.872 e. The van der Waals surface area contributed by atoms with E-state index in [9.17, 15) is 15.3 Å². The number of hydrogen-bond donors (Lipinski definition) is 2. The minimum Gasteiger partial charge on any atom is -0.872 e. The van der Waals surface area contributed by atoms with Crippen LogP contribution in [0, 0.1) is 11.8 Å². The van der Waals surface area contributed by atoms with Crippen molar-refractivity contribution in [3.05, 3.63) is 60.7 Å². The lowest BCUT2D eigenvalue weighted by Crippen LogP contribution is -2.11. The summed E-state index contributed by atoms with van der Waals surface area (Å²) in [5, 5.41) is 34.2. The Morgan fingerprint density at radius 2 is 1.16 bits per heavy atom. The highest BCUT2D eigenvalue weighted by Crippen LogP contribution is 2.35. The highest BCUT2D eigenvalue weighted by Gasteiger charge is 2.17. The molecule has 2 N–H and O–H groups in total. The maximum Gasteiger partial charge on any atom is 0.167 e. The first-order chi connectivity index (χ1) is 21.8. The topological polar surface area (TPSA) is 121 Å². The normalized spacial score (nSPS) is 12.5. The molecule has 0 aliphatic carbocycles. The van der Waals surface area contributed by atoms with Crippen LogP contribution in [0.25, 0.3) is 34.2 Å². The Labute approximate surface area is 267 Å². The fourth-order valence-corrected chi connectivity index (χ4v) is 5.15. The lowest BCUT2D eigenvalue weighted by Gasteiger charge is -2.19. The number of nitrogens with zero attached hydrogens (tertiary/aromatic N) is 3. The van der Waals surface area contributed by atoms with Crippen molar-refractivity contribution in [3.63, 3.8) is 0 Å². The molecule has 2 unspecified atom stereocenters. The van der Waals surface area contributed by atoms with Crippen LogP contribution in [0.15, 0.2) is 60.7 Å². The number of aromatic hydroxyl groups is 2. The van der Waals surface area contributed by atoms with E-state index in [0.29, 0.717) is 59.1 Å². The molecule has 8 nitrogen and oxygen atoms in total. The first kappa shape index (κ1) is 33.6. The molecule has 0 saturated heterocycles. The number of ether oxygens (including phenoxy) is 2. The van der Waals surface area contributed by atoms with Crippen molar-refractivity contribution in [3.8, 4) is 62.9 Å². The van der Waals surface area contributed by atoms with Gasteiger partial charge in [-0.2, -0.15) is 0 Å². The van der Waals surface area contributed by atoms with Gasteiger partial charge in [0.25, 0.3) is 0 Å². The Balaban J connectivity index is 1.64. The van der Waals surface area contributed by atoms with Gasteiger partial charge in [-0.15, -0.1) is 0 Å². The molecule has 4 rings (SSSR count). The smallest absolute Gasteiger partial charge is 0.167 e. The zero-order chi connectivity index (χ0) is 32.2. The van der Waals surface area contributed by atoms with Crippen molar-refractivity contribution in [2.24, 2.45) is 11.8 Å². The van der Waals surface area contributed by atoms with Gasteiger partial charge >= 0.3 is 0 Å². The molecule has 8 heteroatoms. The Bertz CT molecular complexity index is 1420. The van der Waals surface area contributed by atoms with Crippen molar-refractivity contribution in [1.82, 2.24) is 15.0 Å². The molecule has 240 valence electrons. The second kappa shape index (κ2) is 16.7. The van der Waals surface area contributed by atoms with E-state index < -0.39 is 0 Å². The van der Waals surface area contributed by atoms with Gasteiger partial charge in [-0.25, -0.2) is 15.0 Å². The number of aromatic nitrogens is 3. The van der Waals surface area contributed by atoms with Gasteiger partial charge in [0, 0.05) is 17.2 Å². The predicted molar refractivity (Wildman–Crippen MR) is 177 cm³/mol. The molecule has 1 aromatic heterocycles. The molecule has 0 spiro atoms. The van der Waals surface area contributed by atoms with E-state index in [4.69, 9.17) is 9.47 Å². The van der Waals surface area contributed by atoms with Crippen molar-refractivity contribution in [1.29, 1.82) is 0 Å². The van der Waals surface area contributed by atoms with Gasteiger partial charge in [-0.1, -0.05) is 72.0 Å². The summed E-state index contributed by atoms with van der Waals surface area (Å²) < 4.78 is 12.0. The fraction of sp³-hybridized carbons (Fsp3) is 0.432. The second-order valence-electron chi connectivity index (χ2n) is 11.6. The first-order valence-electron chi connectivity index (χ1n) is 16.3. The minimum absolute atomic E-state index is 0.0393. The van der Waals surface area contributed by atoms with Crippen LogP contribution in [0.1, 0.15) is 79.1 Å². The van der Waals surface area contributed by atoms with E-state index in [1.807, 2.05) is 0 Å². The van der Waals surface area contributed by atoms with Crippen molar-refractivity contribution >= 4 is 0 Å². The number of benzene rings is 3. The van der Waals surface area contributed by atoms with Crippen LogP contribution >= 0.6 is 0 Å². The summed E-state index contributed by atoms with van der Waals surface area (Å²) in [4.78, 5) is 13.9. The molecule has 3 aromatic carbocycles.